The van der Waals surface area contributed by atoms with Gasteiger partial charge < -0.3 is 14.8 Å². The van der Waals surface area contributed by atoms with Gasteiger partial charge in [-0.15, -0.1) is 10.2 Å². The first-order chi connectivity index (χ1) is 15.4. The van der Waals surface area contributed by atoms with Crippen molar-refractivity contribution in [2.75, 3.05) is 18.7 Å². The summed E-state index contributed by atoms with van der Waals surface area (Å²) in [7, 11) is -2.51. The molecule has 1 amide bonds. The fraction of sp³-hybridized carbons (Fsp3) is 0.158. The standard InChI is InChI=1S/C19H14F4N4O5S/c1-31-14-7-10(20)3-4-13(14)32-18-12(9-15(26-27-18)19(21,22)23)17(28)25-11-5-6-24-16(8-11)33(2,29)30/h3-9H,1-2H3,(H,24,25,28). The molecule has 0 unspecified atom stereocenters. The number of anilines is 1. The minimum absolute atomic E-state index is 0.0638. The molecule has 1 N–H and O–H groups in total. The van der Waals surface area contributed by atoms with Crippen LogP contribution in [0, 0.1) is 5.82 Å². The number of methoxy groups -OCH3 is 1. The molecule has 3 rings (SSSR count). The minimum atomic E-state index is -4.92. The molecular weight excluding hydrogens is 472 g/mol. The number of rotatable bonds is 6. The maximum Gasteiger partial charge on any atom is 0.435 e. The third-order valence-corrected chi connectivity index (χ3v) is 4.98. The number of alkyl halides is 3. The number of benzene rings is 1. The van der Waals surface area contributed by atoms with Crippen molar-refractivity contribution >= 4 is 21.4 Å². The summed E-state index contributed by atoms with van der Waals surface area (Å²) in [6, 6.07) is 5.74. The van der Waals surface area contributed by atoms with E-state index < -0.39 is 44.9 Å². The average Bonchev–Trinajstić information content (AvgIpc) is 2.74. The summed E-state index contributed by atoms with van der Waals surface area (Å²) in [6.45, 7) is 0. The van der Waals surface area contributed by atoms with Gasteiger partial charge in [0.15, 0.2) is 32.1 Å². The van der Waals surface area contributed by atoms with Crippen LogP contribution in [0.25, 0.3) is 0 Å². The van der Waals surface area contributed by atoms with E-state index in [-0.39, 0.29) is 22.2 Å². The van der Waals surface area contributed by atoms with Crippen LogP contribution in [-0.2, 0) is 16.0 Å². The van der Waals surface area contributed by atoms with Crippen LogP contribution in [0.1, 0.15) is 16.1 Å². The number of nitrogens with zero attached hydrogens (tertiary/aromatic N) is 3. The Bertz CT molecular complexity index is 1320. The summed E-state index contributed by atoms with van der Waals surface area (Å²) < 4.78 is 86.6. The van der Waals surface area contributed by atoms with Crippen LogP contribution in [0.4, 0.5) is 23.2 Å². The molecule has 0 spiro atoms. The zero-order valence-electron chi connectivity index (χ0n) is 16.8. The summed E-state index contributed by atoms with van der Waals surface area (Å²) in [6.07, 6.45) is -2.93. The van der Waals surface area contributed by atoms with E-state index in [0.717, 1.165) is 36.7 Å². The van der Waals surface area contributed by atoms with E-state index in [1.54, 1.807) is 0 Å². The molecule has 0 bridgehead atoms. The lowest BCUT2D eigenvalue weighted by atomic mass is 10.2. The van der Waals surface area contributed by atoms with Crippen molar-refractivity contribution in [3.8, 4) is 17.4 Å². The van der Waals surface area contributed by atoms with Gasteiger partial charge >= 0.3 is 6.18 Å². The molecule has 9 nitrogen and oxygen atoms in total. The number of hydrogen-bond acceptors (Lipinski definition) is 8. The second-order valence-electron chi connectivity index (χ2n) is 6.45. The summed E-state index contributed by atoms with van der Waals surface area (Å²) in [4.78, 5) is 16.4. The van der Waals surface area contributed by atoms with Gasteiger partial charge in [-0.2, -0.15) is 13.2 Å². The van der Waals surface area contributed by atoms with Gasteiger partial charge in [0, 0.05) is 24.2 Å². The maximum atomic E-state index is 13.4. The lowest BCUT2D eigenvalue weighted by Crippen LogP contribution is -2.18. The number of carbonyl (C=O) groups is 1. The van der Waals surface area contributed by atoms with Crippen LogP contribution >= 0.6 is 0 Å². The highest BCUT2D eigenvalue weighted by Crippen LogP contribution is 2.35. The van der Waals surface area contributed by atoms with Gasteiger partial charge in [-0.25, -0.2) is 17.8 Å². The van der Waals surface area contributed by atoms with Gasteiger partial charge in [-0.1, -0.05) is 0 Å². The van der Waals surface area contributed by atoms with Crippen molar-refractivity contribution < 1.29 is 40.2 Å². The maximum absolute atomic E-state index is 13.4. The van der Waals surface area contributed by atoms with E-state index in [0.29, 0.717) is 6.07 Å². The van der Waals surface area contributed by atoms with Gasteiger partial charge in [0.25, 0.3) is 11.8 Å². The Kier molecular flexibility index (Phi) is 6.48. The van der Waals surface area contributed by atoms with Crippen molar-refractivity contribution in [2.24, 2.45) is 0 Å². The molecule has 14 heteroatoms. The van der Waals surface area contributed by atoms with E-state index in [2.05, 4.69) is 20.5 Å². The molecule has 0 aliphatic rings. The molecule has 2 heterocycles. The molecule has 174 valence electrons. The predicted octanol–water partition coefficient (Wildman–Crippen LogP) is 3.49. The number of sulfone groups is 1. The summed E-state index contributed by atoms with van der Waals surface area (Å²) >= 11 is 0. The molecule has 0 saturated heterocycles. The number of carbonyl (C=O) groups excluding carboxylic acids is 1. The van der Waals surface area contributed by atoms with Crippen LogP contribution in [0.3, 0.4) is 0 Å². The average molecular weight is 486 g/mol. The second kappa shape index (κ2) is 8.97. The van der Waals surface area contributed by atoms with Crippen molar-refractivity contribution in [1.29, 1.82) is 0 Å². The Morgan fingerprint density at radius 1 is 1.06 bits per heavy atom. The van der Waals surface area contributed by atoms with Gasteiger partial charge in [-0.3, -0.25) is 4.79 Å². The smallest absolute Gasteiger partial charge is 0.435 e. The van der Waals surface area contributed by atoms with Crippen molar-refractivity contribution in [2.45, 2.75) is 11.2 Å². The van der Waals surface area contributed by atoms with Crippen LogP contribution in [0.15, 0.2) is 47.6 Å². The number of ether oxygens (including phenoxy) is 2. The Morgan fingerprint density at radius 2 is 1.79 bits per heavy atom. The third-order valence-electron chi connectivity index (χ3n) is 4.00. The number of nitrogens with one attached hydrogen (secondary N) is 1. The molecule has 0 saturated carbocycles. The Labute approximate surface area is 184 Å². The van der Waals surface area contributed by atoms with Crippen LogP contribution in [-0.4, -0.2) is 42.9 Å². The van der Waals surface area contributed by atoms with E-state index in [4.69, 9.17) is 9.47 Å². The minimum Gasteiger partial charge on any atom is -0.493 e. The third kappa shape index (κ3) is 5.71. The molecule has 0 aliphatic heterocycles. The SMILES string of the molecule is COc1cc(F)ccc1Oc1nnc(C(F)(F)F)cc1C(=O)Nc1ccnc(S(C)(=O)=O)c1. The first-order valence-corrected chi connectivity index (χ1v) is 10.7. The second-order valence-corrected chi connectivity index (χ2v) is 8.42. The summed E-state index contributed by atoms with van der Waals surface area (Å²) in [5, 5.41) is 8.28. The molecule has 33 heavy (non-hydrogen) atoms. The number of amides is 1. The molecular formula is C19H14F4N4O5S. The molecule has 1 aromatic carbocycles. The first kappa shape index (κ1) is 23.8. The lowest BCUT2D eigenvalue weighted by molar-refractivity contribution is -0.141. The van der Waals surface area contributed by atoms with Gasteiger partial charge in [0.2, 0.25) is 0 Å². The molecule has 0 atom stereocenters. The fourth-order valence-corrected chi connectivity index (χ4v) is 3.07. The number of aromatic nitrogens is 3. The molecule has 0 radical (unpaired) electrons. The van der Waals surface area contributed by atoms with E-state index in [1.165, 1.54) is 13.2 Å². The van der Waals surface area contributed by atoms with E-state index >= 15 is 0 Å². The zero-order chi connectivity index (χ0) is 24.4. The van der Waals surface area contributed by atoms with Gasteiger partial charge in [0.1, 0.15) is 11.4 Å². The van der Waals surface area contributed by atoms with Gasteiger partial charge in [-0.05, 0) is 30.3 Å². The van der Waals surface area contributed by atoms with Crippen LogP contribution in [0.2, 0.25) is 0 Å². The van der Waals surface area contributed by atoms with Gasteiger partial charge in [0.05, 0.1) is 7.11 Å². The fourth-order valence-electron chi connectivity index (χ4n) is 2.48. The monoisotopic (exact) mass is 486 g/mol. The van der Waals surface area contributed by atoms with E-state index in [9.17, 15) is 30.8 Å². The molecule has 2 aromatic heterocycles. The number of hydrogen-bond donors (Lipinski definition) is 1. The van der Waals surface area contributed by atoms with Crippen molar-refractivity contribution in [3.05, 3.63) is 59.7 Å². The van der Waals surface area contributed by atoms with Crippen molar-refractivity contribution in [3.63, 3.8) is 0 Å². The summed E-state index contributed by atoms with van der Waals surface area (Å²) in [5.41, 5.74) is -2.22. The zero-order valence-corrected chi connectivity index (χ0v) is 17.7. The Hall–Kier alpha value is -3.81. The molecule has 0 aliphatic carbocycles. The largest absolute Gasteiger partial charge is 0.493 e. The first-order valence-electron chi connectivity index (χ1n) is 8.82. The molecule has 3 aromatic rings. The molecule has 0 fully saturated rings. The quantitative estimate of drug-likeness (QED) is 0.526. The summed E-state index contributed by atoms with van der Waals surface area (Å²) in [5.74, 6) is -2.68. The Balaban J connectivity index is 2.02. The Morgan fingerprint density at radius 3 is 2.42 bits per heavy atom. The highest BCUT2D eigenvalue weighted by atomic mass is 32.2. The normalized spacial score (nSPS) is 11.7. The van der Waals surface area contributed by atoms with Crippen LogP contribution < -0.4 is 14.8 Å². The van der Waals surface area contributed by atoms with Crippen molar-refractivity contribution in [1.82, 2.24) is 15.2 Å². The topological polar surface area (TPSA) is 120 Å². The van der Waals surface area contributed by atoms with Crippen LogP contribution in [0.5, 0.6) is 17.4 Å². The predicted molar refractivity (Wildman–Crippen MR) is 105 cm³/mol. The number of halogens is 4. The highest BCUT2D eigenvalue weighted by Gasteiger charge is 2.35. The highest BCUT2D eigenvalue weighted by molar-refractivity contribution is 7.90. The lowest BCUT2D eigenvalue weighted by Gasteiger charge is -2.14. The van der Waals surface area contributed by atoms with E-state index in [1.807, 2.05) is 0 Å². The number of pyridine rings is 1.